The van der Waals surface area contributed by atoms with E-state index in [1.165, 1.54) is 41.3 Å². The van der Waals surface area contributed by atoms with E-state index in [0.717, 1.165) is 4.80 Å². The lowest BCUT2D eigenvalue weighted by Crippen LogP contribution is -2.49. The highest BCUT2D eigenvalue weighted by Gasteiger charge is 2.36. The first-order chi connectivity index (χ1) is 18.0. The van der Waals surface area contributed by atoms with Gasteiger partial charge in [-0.05, 0) is 87.0 Å². The van der Waals surface area contributed by atoms with E-state index in [9.17, 15) is 18.4 Å². The Morgan fingerprint density at radius 2 is 1.63 bits per heavy atom. The van der Waals surface area contributed by atoms with E-state index in [1.54, 1.807) is 31.2 Å². The van der Waals surface area contributed by atoms with Crippen molar-refractivity contribution in [1.29, 1.82) is 0 Å². The Morgan fingerprint density at radius 1 is 1.00 bits per heavy atom. The number of amides is 2. The number of hydrogen-bond donors (Lipinski definition) is 1. The molecule has 0 unspecified atom stereocenters. The summed E-state index contributed by atoms with van der Waals surface area (Å²) in [6.07, 6.45) is 0. The Morgan fingerprint density at radius 3 is 2.21 bits per heavy atom. The Bertz CT molecular complexity index is 1410. The molecule has 11 heteroatoms. The Balaban J connectivity index is 1.68. The first-order valence-electron chi connectivity index (χ1n) is 11.9. The van der Waals surface area contributed by atoms with Gasteiger partial charge in [-0.3, -0.25) is 9.59 Å². The molecule has 0 saturated heterocycles. The van der Waals surface area contributed by atoms with Gasteiger partial charge in [0.15, 0.2) is 6.04 Å². The van der Waals surface area contributed by atoms with Gasteiger partial charge in [-0.25, -0.2) is 8.78 Å². The number of nitrogens with zero attached hydrogens (tertiary/aromatic N) is 5. The predicted molar refractivity (Wildman–Crippen MR) is 134 cm³/mol. The van der Waals surface area contributed by atoms with Gasteiger partial charge in [0.05, 0.1) is 0 Å². The molecular weight excluding hydrogens is 494 g/mol. The van der Waals surface area contributed by atoms with Gasteiger partial charge in [-0.2, -0.15) is 4.80 Å². The van der Waals surface area contributed by atoms with E-state index in [2.05, 4.69) is 20.7 Å². The standard InChI is InChI=1S/C27H28F2N6O3/c1-17-5-14-22(38-17)24(26(37)30-27(2,3)4)34(15-18-6-10-20(28)11-7-18)23(36)16-35-32-25(31-33-35)19-8-12-21(29)13-9-19/h5-14,24H,15-16H2,1-4H3,(H,30,37)/t24-/m1/s1. The van der Waals surface area contributed by atoms with Crippen LogP contribution in [0.5, 0.6) is 0 Å². The van der Waals surface area contributed by atoms with Crippen LogP contribution in [0, 0.1) is 18.6 Å². The third-order valence-corrected chi connectivity index (χ3v) is 5.51. The molecule has 0 bridgehead atoms. The third kappa shape index (κ3) is 6.67. The fourth-order valence-electron chi connectivity index (χ4n) is 3.81. The molecule has 9 nitrogen and oxygen atoms in total. The number of aryl methyl sites for hydroxylation is 1. The van der Waals surface area contributed by atoms with Crippen molar-refractivity contribution in [2.75, 3.05) is 0 Å². The summed E-state index contributed by atoms with van der Waals surface area (Å²) in [6.45, 7) is 6.88. The summed E-state index contributed by atoms with van der Waals surface area (Å²) in [5, 5.41) is 15.1. The monoisotopic (exact) mass is 522 g/mol. The zero-order chi connectivity index (χ0) is 27.4. The van der Waals surface area contributed by atoms with Crippen molar-refractivity contribution in [2.24, 2.45) is 0 Å². The molecule has 1 atom stereocenters. The van der Waals surface area contributed by atoms with Crippen LogP contribution in [-0.4, -0.2) is 42.5 Å². The molecule has 4 aromatic rings. The van der Waals surface area contributed by atoms with Gasteiger partial charge >= 0.3 is 0 Å². The maximum atomic E-state index is 13.7. The van der Waals surface area contributed by atoms with E-state index in [0.29, 0.717) is 16.9 Å². The molecule has 0 aliphatic heterocycles. The smallest absolute Gasteiger partial charge is 0.251 e. The van der Waals surface area contributed by atoms with Crippen molar-refractivity contribution in [2.45, 2.75) is 52.4 Å². The van der Waals surface area contributed by atoms with Crippen molar-refractivity contribution >= 4 is 11.8 Å². The highest BCUT2D eigenvalue weighted by Crippen LogP contribution is 2.27. The minimum atomic E-state index is -1.12. The molecule has 38 heavy (non-hydrogen) atoms. The van der Waals surface area contributed by atoms with Gasteiger partial charge < -0.3 is 14.6 Å². The molecule has 2 aromatic carbocycles. The summed E-state index contributed by atoms with van der Waals surface area (Å²) >= 11 is 0. The molecule has 1 N–H and O–H groups in total. The quantitative estimate of drug-likeness (QED) is 0.372. The average Bonchev–Trinajstić information content (AvgIpc) is 3.48. The van der Waals surface area contributed by atoms with Crippen LogP contribution in [0.15, 0.2) is 65.1 Å². The molecule has 0 fully saturated rings. The normalized spacial score (nSPS) is 12.3. The van der Waals surface area contributed by atoms with Crippen molar-refractivity contribution in [3.05, 3.63) is 89.4 Å². The van der Waals surface area contributed by atoms with Crippen LogP contribution in [0.25, 0.3) is 11.4 Å². The van der Waals surface area contributed by atoms with E-state index in [4.69, 9.17) is 4.42 Å². The lowest BCUT2D eigenvalue weighted by Gasteiger charge is -2.32. The second-order valence-electron chi connectivity index (χ2n) is 9.89. The summed E-state index contributed by atoms with van der Waals surface area (Å²) in [5.74, 6) is -0.702. The fourth-order valence-corrected chi connectivity index (χ4v) is 3.81. The van der Waals surface area contributed by atoms with E-state index in [1.807, 2.05) is 20.8 Å². The first kappa shape index (κ1) is 26.6. The minimum absolute atomic E-state index is 0.0133. The molecule has 0 saturated carbocycles. The lowest BCUT2D eigenvalue weighted by molar-refractivity contribution is -0.143. The average molecular weight is 523 g/mol. The van der Waals surface area contributed by atoms with E-state index >= 15 is 0 Å². The summed E-state index contributed by atoms with van der Waals surface area (Å²) in [5.41, 5.74) is 0.552. The molecular formula is C27H28F2N6O3. The predicted octanol–water partition coefficient (Wildman–Crippen LogP) is 4.20. The van der Waals surface area contributed by atoms with Crippen LogP contribution >= 0.6 is 0 Å². The Labute approximate surface area is 218 Å². The number of hydrogen-bond acceptors (Lipinski definition) is 6. The van der Waals surface area contributed by atoms with Crippen LogP contribution in [0.1, 0.15) is 43.9 Å². The largest absolute Gasteiger partial charge is 0.464 e. The molecule has 2 amide bonds. The second-order valence-corrected chi connectivity index (χ2v) is 9.89. The van der Waals surface area contributed by atoms with Crippen molar-refractivity contribution < 1.29 is 22.8 Å². The van der Waals surface area contributed by atoms with Crippen LogP contribution in [0.3, 0.4) is 0 Å². The Hall–Kier alpha value is -4.41. The number of carbonyl (C=O) groups is 2. The molecule has 2 aromatic heterocycles. The molecule has 0 aliphatic rings. The second kappa shape index (κ2) is 10.9. The minimum Gasteiger partial charge on any atom is -0.464 e. The number of halogens is 2. The molecule has 0 aliphatic carbocycles. The number of carbonyl (C=O) groups excluding carboxylic acids is 2. The van der Waals surface area contributed by atoms with Gasteiger partial charge in [0, 0.05) is 17.6 Å². The van der Waals surface area contributed by atoms with Crippen LogP contribution in [0.4, 0.5) is 8.78 Å². The maximum Gasteiger partial charge on any atom is 0.251 e. The topological polar surface area (TPSA) is 106 Å². The molecule has 0 radical (unpaired) electrons. The zero-order valence-corrected chi connectivity index (χ0v) is 21.5. The van der Waals surface area contributed by atoms with Gasteiger partial charge in [0.25, 0.3) is 5.91 Å². The van der Waals surface area contributed by atoms with E-state index < -0.39 is 35.0 Å². The zero-order valence-electron chi connectivity index (χ0n) is 21.5. The van der Waals surface area contributed by atoms with Gasteiger partial charge in [-0.1, -0.05) is 12.1 Å². The number of furan rings is 1. The summed E-state index contributed by atoms with van der Waals surface area (Å²) < 4.78 is 32.6. The van der Waals surface area contributed by atoms with Crippen molar-refractivity contribution in [1.82, 2.24) is 30.4 Å². The number of nitrogens with one attached hydrogen (secondary N) is 1. The summed E-state index contributed by atoms with van der Waals surface area (Å²) in [4.78, 5) is 29.7. The number of rotatable bonds is 8. The molecule has 0 spiro atoms. The van der Waals surface area contributed by atoms with Gasteiger partial charge in [0.2, 0.25) is 11.7 Å². The number of benzene rings is 2. The van der Waals surface area contributed by atoms with Crippen LogP contribution < -0.4 is 5.32 Å². The molecule has 198 valence electrons. The van der Waals surface area contributed by atoms with Crippen LogP contribution in [-0.2, 0) is 22.7 Å². The van der Waals surface area contributed by atoms with Gasteiger partial charge in [0.1, 0.15) is 29.7 Å². The molecule has 2 heterocycles. The lowest BCUT2D eigenvalue weighted by atomic mass is 10.1. The van der Waals surface area contributed by atoms with Gasteiger partial charge in [-0.15, -0.1) is 10.2 Å². The maximum absolute atomic E-state index is 13.7. The summed E-state index contributed by atoms with van der Waals surface area (Å²) in [6, 6.07) is 13.4. The fraction of sp³-hybridized carbons (Fsp3) is 0.296. The number of tetrazole rings is 1. The Kier molecular flexibility index (Phi) is 7.65. The third-order valence-electron chi connectivity index (χ3n) is 5.51. The van der Waals surface area contributed by atoms with Crippen molar-refractivity contribution in [3.63, 3.8) is 0 Å². The van der Waals surface area contributed by atoms with Crippen LogP contribution in [0.2, 0.25) is 0 Å². The highest BCUT2D eigenvalue weighted by molar-refractivity contribution is 5.88. The highest BCUT2D eigenvalue weighted by atomic mass is 19.1. The number of aromatic nitrogens is 4. The summed E-state index contributed by atoms with van der Waals surface area (Å²) in [7, 11) is 0. The first-order valence-corrected chi connectivity index (χ1v) is 11.9. The van der Waals surface area contributed by atoms with E-state index in [-0.39, 0.29) is 24.7 Å². The molecule has 4 rings (SSSR count). The SMILES string of the molecule is Cc1ccc([C@H](C(=O)NC(C)(C)C)N(Cc2ccc(F)cc2)C(=O)Cn2nnc(-c3ccc(F)cc3)n2)o1. The van der Waals surface area contributed by atoms with Crippen molar-refractivity contribution in [3.8, 4) is 11.4 Å².